The van der Waals surface area contributed by atoms with Crippen molar-refractivity contribution in [2.24, 2.45) is 5.73 Å². The Bertz CT molecular complexity index is 887. The van der Waals surface area contributed by atoms with Gasteiger partial charge in [0.1, 0.15) is 0 Å². The monoisotopic (exact) mass is 415 g/mol. The Labute approximate surface area is 177 Å². The molecule has 0 saturated carbocycles. The number of nitrogens with zero attached hydrogens (tertiary/aromatic N) is 2. The summed E-state index contributed by atoms with van der Waals surface area (Å²) in [6, 6.07) is 7.59. The Kier molecular flexibility index (Phi) is 7.01. The van der Waals surface area contributed by atoms with Crippen LogP contribution in [0.1, 0.15) is 60.8 Å². The van der Waals surface area contributed by atoms with Gasteiger partial charge in [-0.15, -0.1) is 0 Å². The van der Waals surface area contributed by atoms with Crippen molar-refractivity contribution in [2.45, 2.75) is 58.9 Å². The summed E-state index contributed by atoms with van der Waals surface area (Å²) in [6.07, 6.45) is 5.46. The van der Waals surface area contributed by atoms with Crippen molar-refractivity contribution < 1.29 is 9.59 Å². The molecule has 5 nitrogen and oxygen atoms in total. The lowest BCUT2D eigenvalue weighted by Gasteiger charge is -2.18. The van der Waals surface area contributed by atoms with Gasteiger partial charge in [0.25, 0.3) is 5.91 Å². The number of rotatable bonds is 9. The molecule has 2 heterocycles. The Hall–Kier alpha value is -2.27. The number of hydrogen-bond donors (Lipinski definition) is 1. The van der Waals surface area contributed by atoms with Crippen molar-refractivity contribution in [1.29, 1.82) is 0 Å². The quantitative estimate of drug-likeness (QED) is 0.651. The lowest BCUT2D eigenvalue weighted by molar-refractivity contribution is -0.127. The summed E-state index contributed by atoms with van der Waals surface area (Å²) in [5.41, 5.74) is 10.3. The van der Waals surface area contributed by atoms with E-state index in [0.717, 1.165) is 74.3 Å². The second kappa shape index (κ2) is 9.49. The maximum atomic E-state index is 12.4. The van der Waals surface area contributed by atoms with Gasteiger partial charge < -0.3 is 15.2 Å². The molecule has 2 N–H and O–H groups in total. The van der Waals surface area contributed by atoms with Crippen LogP contribution < -0.4 is 5.73 Å². The maximum absolute atomic E-state index is 12.4. The van der Waals surface area contributed by atoms with E-state index in [2.05, 4.69) is 11.5 Å². The van der Waals surface area contributed by atoms with Crippen LogP contribution in [0.2, 0.25) is 5.02 Å². The van der Waals surface area contributed by atoms with E-state index in [4.69, 9.17) is 17.3 Å². The Balaban J connectivity index is 1.97. The Morgan fingerprint density at radius 3 is 2.48 bits per heavy atom. The number of carbonyl (C=O) groups is 2. The topological polar surface area (TPSA) is 68.3 Å². The van der Waals surface area contributed by atoms with Crippen LogP contribution in [0, 0.1) is 6.92 Å². The molecule has 0 spiro atoms. The highest BCUT2D eigenvalue weighted by molar-refractivity contribution is 6.30. The van der Waals surface area contributed by atoms with Gasteiger partial charge in [-0.1, -0.05) is 37.1 Å². The number of aromatic nitrogens is 1. The zero-order valence-corrected chi connectivity index (χ0v) is 18.1. The van der Waals surface area contributed by atoms with Crippen molar-refractivity contribution in [3.05, 3.63) is 46.2 Å². The molecule has 6 heteroatoms. The van der Waals surface area contributed by atoms with E-state index in [1.54, 1.807) is 0 Å². The third kappa shape index (κ3) is 4.67. The van der Waals surface area contributed by atoms with E-state index in [1.807, 2.05) is 36.1 Å². The number of halogens is 1. The SMILES string of the molecule is CCCCc1c(-c2ccc(Cl)cc2)c(C(N)=O)c(C)n1CCCN1CCCC1=O. The molecule has 1 aliphatic heterocycles. The summed E-state index contributed by atoms with van der Waals surface area (Å²) in [5.74, 6) is -0.154. The normalized spacial score (nSPS) is 14.0. The van der Waals surface area contributed by atoms with E-state index < -0.39 is 5.91 Å². The number of amides is 2. The molecule has 3 rings (SSSR count). The van der Waals surface area contributed by atoms with Crippen LogP contribution in [0.4, 0.5) is 0 Å². The predicted octanol–water partition coefficient (Wildman–Crippen LogP) is 4.57. The molecule has 1 aliphatic rings. The molecule has 0 radical (unpaired) electrons. The fourth-order valence-electron chi connectivity index (χ4n) is 4.29. The van der Waals surface area contributed by atoms with E-state index >= 15 is 0 Å². The van der Waals surface area contributed by atoms with Crippen LogP contribution in [-0.2, 0) is 17.8 Å². The minimum Gasteiger partial charge on any atom is -0.366 e. The highest BCUT2D eigenvalue weighted by Crippen LogP contribution is 2.34. The summed E-state index contributed by atoms with van der Waals surface area (Å²) in [5, 5.41) is 0.663. The van der Waals surface area contributed by atoms with Gasteiger partial charge in [-0.2, -0.15) is 0 Å². The second-order valence-electron chi connectivity index (χ2n) is 7.75. The molecule has 0 unspecified atom stereocenters. The molecule has 0 bridgehead atoms. The second-order valence-corrected chi connectivity index (χ2v) is 8.18. The fraction of sp³-hybridized carbons (Fsp3) is 0.478. The largest absolute Gasteiger partial charge is 0.366 e. The molecule has 1 aromatic heterocycles. The van der Waals surface area contributed by atoms with Gasteiger partial charge in [0, 0.05) is 48.0 Å². The molecule has 1 fully saturated rings. The molecule has 1 aromatic carbocycles. The van der Waals surface area contributed by atoms with Crippen LogP contribution in [-0.4, -0.2) is 34.4 Å². The molecular formula is C23H30ClN3O2. The third-order valence-electron chi connectivity index (χ3n) is 5.76. The molecule has 0 atom stereocenters. The van der Waals surface area contributed by atoms with Gasteiger partial charge in [0.15, 0.2) is 0 Å². The van der Waals surface area contributed by atoms with Crippen molar-refractivity contribution >= 4 is 23.4 Å². The summed E-state index contributed by atoms with van der Waals surface area (Å²) >= 11 is 6.07. The first kappa shape index (κ1) is 21.4. The minimum absolute atomic E-state index is 0.250. The smallest absolute Gasteiger partial charge is 0.251 e. The fourth-order valence-corrected chi connectivity index (χ4v) is 4.42. The summed E-state index contributed by atoms with van der Waals surface area (Å²) in [6.45, 7) is 6.51. The van der Waals surface area contributed by atoms with Crippen LogP contribution in [0.5, 0.6) is 0 Å². The predicted molar refractivity (Wildman–Crippen MR) is 117 cm³/mol. The van der Waals surface area contributed by atoms with Crippen molar-refractivity contribution in [3.8, 4) is 11.1 Å². The maximum Gasteiger partial charge on any atom is 0.251 e. The molecule has 29 heavy (non-hydrogen) atoms. The first-order valence-electron chi connectivity index (χ1n) is 10.5. The van der Waals surface area contributed by atoms with Crippen molar-refractivity contribution in [2.75, 3.05) is 13.1 Å². The first-order chi connectivity index (χ1) is 13.9. The molecule has 1 saturated heterocycles. The molecule has 156 valence electrons. The molecular weight excluding hydrogens is 386 g/mol. The molecule has 2 amide bonds. The van der Waals surface area contributed by atoms with Gasteiger partial charge in [-0.25, -0.2) is 0 Å². The Morgan fingerprint density at radius 1 is 1.17 bits per heavy atom. The average Bonchev–Trinajstić information content (AvgIpc) is 3.22. The number of nitrogens with two attached hydrogens (primary N) is 1. The lowest BCUT2D eigenvalue weighted by atomic mass is 9.97. The highest BCUT2D eigenvalue weighted by atomic mass is 35.5. The van der Waals surface area contributed by atoms with Gasteiger partial charge >= 0.3 is 0 Å². The number of hydrogen-bond acceptors (Lipinski definition) is 2. The van der Waals surface area contributed by atoms with E-state index in [0.29, 0.717) is 17.0 Å². The average molecular weight is 416 g/mol. The minimum atomic E-state index is -0.404. The number of unbranched alkanes of at least 4 members (excludes halogenated alkanes) is 1. The molecule has 0 aliphatic carbocycles. The standard InChI is InChI=1S/C23H30ClN3O2/c1-3-4-7-19-22(17-9-11-18(24)12-10-17)21(23(25)29)16(2)27(19)15-6-14-26-13-5-8-20(26)28/h9-12H,3-8,13-15H2,1-2H3,(H2,25,29). The number of likely N-dealkylation sites (tertiary alicyclic amines) is 1. The summed E-state index contributed by atoms with van der Waals surface area (Å²) in [4.78, 5) is 26.2. The zero-order valence-electron chi connectivity index (χ0n) is 17.3. The first-order valence-corrected chi connectivity index (χ1v) is 10.9. The number of primary amides is 1. The van der Waals surface area contributed by atoms with Crippen molar-refractivity contribution in [3.63, 3.8) is 0 Å². The highest BCUT2D eigenvalue weighted by Gasteiger charge is 2.25. The van der Waals surface area contributed by atoms with Crippen LogP contribution in [0.3, 0.4) is 0 Å². The third-order valence-corrected chi connectivity index (χ3v) is 6.01. The summed E-state index contributed by atoms with van der Waals surface area (Å²) < 4.78 is 2.24. The van der Waals surface area contributed by atoms with Gasteiger partial charge in [-0.05, 0) is 50.3 Å². The number of carbonyl (C=O) groups excluding carboxylic acids is 2. The van der Waals surface area contributed by atoms with Crippen LogP contribution in [0.15, 0.2) is 24.3 Å². The summed E-state index contributed by atoms with van der Waals surface area (Å²) in [7, 11) is 0. The number of benzene rings is 1. The lowest BCUT2D eigenvalue weighted by Crippen LogP contribution is -2.26. The van der Waals surface area contributed by atoms with E-state index in [-0.39, 0.29) is 5.91 Å². The van der Waals surface area contributed by atoms with E-state index in [9.17, 15) is 9.59 Å². The van der Waals surface area contributed by atoms with E-state index in [1.165, 1.54) is 0 Å². The molecule has 2 aromatic rings. The van der Waals surface area contributed by atoms with Crippen molar-refractivity contribution in [1.82, 2.24) is 9.47 Å². The van der Waals surface area contributed by atoms with Crippen LogP contribution >= 0.6 is 11.6 Å². The van der Waals surface area contributed by atoms with Gasteiger partial charge in [0.2, 0.25) is 5.91 Å². The Morgan fingerprint density at radius 2 is 1.90 bits per heavy atom. The van der Waals surface area contributed by atoms with Crippen LogP contribution in [0.25, 0.3) is 11.1 Å². The van der Waals surface area contributed by atoms with Gasteiger partial charge in [0.05, 0.1) is 5.56 Å². The zero-order chi connectivity index (χ0) is 21.0. The van der Waals surface area contributed by atoms with Gasteiger partial charge in [-0.3, -0.25) is 9.59 Å².